The maximum absolute atomic E-state index is 12.0. The summed E-state index contributed by atoms with van der Waals surface area (Å²) in [5.41, 5.74) is 6.84. The molecule has 1 saturated heterocycles. The quantitative estimate of drug-likeness (QED) is 0.640. The molecule has 4 nitrogen and oxygen atoms in total. The zero-order valence-corrected chi connectivity index (χ0v) is 14.6. The predicted octanol–water partition coefficient (Wildman–Crippen LogP) is 3.51. The Labute approximate surface area is 135 Å². The van der Waals surface area contributed by atoms with Gasteiger partial charge in [0, 0.05) is 33.2 Å². The molecule has 118 valence electrons. The first kappa shape index (κ1) is 16.6. The Morgan fingerprint density at radius 3 is 2.71 bits per heavy atom. The number of ether oxygens (including phenoxy) is 1. The summed E-state index contributed by atoms with van der Waals surface area (Å²) in [6.45, 7) is 4.60. The van der Waals surface area contributed by atoms with Crippen molar-refractivity contribution in [1.82, 2.24) is 0 Å². The molecule has 0 atom stereocenters. The average Bonchev–Trinajstić information content (AvgIpc) is 2.84. The first-order valence-corrected chi connectivity index (χ1v) is 9.40. The van der Waals surface area contributed by atoms with Crippen molar-refractivity contribution in [3.05, 3.63) is 4.88 Å². The Kier molecular flexibility index (Phi) is 5.96. The summed E-state index contributed by atoms with van der Waals surface area (Å²) >= 11 is 3.17. The van der Waals surface area contributed by atoms with E-state index in [1.165, 1.54) is 11.3 Å². The van der Waals surface area contributed by atoms with Crippen LogP contribution in [-0.2, 0) is 4.74 Å². The molecule has 0 amide bonds. The molecule has 2 heterocycles. The Hall–Kier alpha value is -0.720. The highest BCUT2D eigenvalue weighted by Gasteiger charge is 2.23. The number of anilines is 2. The van der Waals surface area contributed by atoms with E-state index >= 15 is 0 Å². The number of nitrogen functional groups attached to an aromatic ring is 1. The molecule has 1 aliphatic heterocycles. The van der Waals surface area contributed by atoms with Gasteiger partial charge in [-0.1, -0.05) is 6.92 Å². The van der Waals surface area contributed by atoms with Gasteiger partial charge in [0.1, 0.15) is 5.00 Å². The fourth-order valence-electron chi connectivity index (χ4n) is 2.63. The highest BCUT2D eigenvalue weighted by Crippen LogP contribution is 2.44. The third-order valence-corrected chi connectivity index (χ3v) is 6.19. The summed E-state index contributed by atoms with van der Waals surface area (Å²) in [6, 6.07) is 0. The van der Waals surface area contributed by atoms with E-state index in [-0.39, 0.29) is 5.78 Å². The summed E-state index contributed by atoms with van der Waals surface area (Å²) in [5.74, 6) is 0.797. The van der Waals surface area contributed by atoms with Gasteiger partial charge in [0.25, 0.3) is 0 Å². The number of nitrogens with zero attached hydrogens (tertiary/aromatic N) is 1. The molecule has 0 bridgehead atoms. The van der Waals surface area contributed by atoms with E-state index in [0.717, 1.165) is 47.4 Å². The van der Waals surface area contributed by atoms with Crippen molar-refractivity contribution in [3.63, 3.8) is 0 Å². The lowest BCUT2D eigenvalue weighted by Crippen LogP contribution is -2.29. The maximum Gasteiger partial charge on any atom is 0.174 e. The third-order valence-electron chi connectivity index (χ3n) is 3.88. The van der Waals surface area contributed by atoms with Crippen LogP contribution in [0.25, 0.3) is 0 Å². The first-order valence-electron chi connectivity index (χ1n) is 7.36. The molecular weight excluding hydrogens is 304 g/mol. The zero-order valence-electron chi connectivity index (χ0n) is 13.0. The summed E-state index contributed by atoms with van der Waals surface area (Å²) in [7, 11) is 2.10. The third kappa shape index (κ3) is 3.73. The van der Waals surface area contributed by atoms with E-state index in [9.17, 15) is 4.79 Å². The number of thioether (sulfide) groups is 1. The van der Waals surface area contributed by atoms with E-state index in [4.69, 9.17) is 10.5 Å². The summed E-state index contributed by atoms with van der Waals surface area (Å²) in [4.78, 5) is 16.0. The molecule has 2 rings (SSSR count). The van der Waals surface area contributed by atoms with E-state index in [2.05, 4.69) is 11.9 Å². The lowest BCUT2D eigenvalue weighted by Gasteiger charge is -2.28. The van der Waals surface area contributed by atoms with Crippen LogP contribution < -0.4 is 10.6 Å². The van der Waals surface area contributed by atoms with E-state index in [1.54, 1.807) is 11.8 Å². The molecular formula is C15H24N2O2S2. The second kappa shape index (κ2) is 7.51. The second-order valence-electron chi connectivity index (χ2n) is 5.40. The van der Waals surface area contributed by atoms with Gasteiger partial charge >= 0.3 is 0 Å². The Balaban J connectivity index is 2.19. The van der Waals surface area contributed by atoms with Gasteiger partial charge in [0.15, 0.2) is 5.78 Å². The van der Waals surface area contributed by atoms with E-state index in [0.29, 0.717) is 18.0 Å². The minimum absolute atomic E-state index is 0.138. The van der Waals surface area contributed by atoms with Crippen LogP contribution in [0.15, 0.2) is 4.90 Å². The number of hydrogen-bond acceptors (Lipinski definition) is 6. The van der Waals surface area contributed by atoms with Gasteiger partial charge in [-0.15, -0.1) is 23.1 Å². The van der Waals surface area contributed by atoms with E-state index in [1.807, 2.05) is 13.2 Å². The van der Waals surface area contributed by atoms with Crippen molar-refractivity contribution in [2.45, 2.75) is 31.1 Å². The lowest BCUT2D eigenvalue weighted by molar-refractivity contribution is 0.0685. The number of carbonyl (C=O) groups is 1. The van der Waals surface area contributed by atoms with Gasteiger partial charge in [0.2, 0.25) is 0 Å². The minimum atomic E-state index is 0.138. The normalized spacial score (nSPS) is 16.1. The smallest absolute Gasteiger partial charge is 0.174 e. The van der Waals surface area contributed by atoms with Crippen molar-refractivity contribution in [2.75, 3.05) is 43.7 Å². The van der Waals surface area contributed by atoms with Crippen LogP contribution in [0.3, 0.4) is 0 Å². The Bertz CT molecular complexity index is 496. The molecule has 0 aromatic carbocycles. The SMILES string of the molecule is CCC(=O)c1sc(N(C)CC2CCOCC2)c(SC)c1N. The molecule has 1 aromatic rings. The van der Waals surface area contributed by atoms with Crippen LogP contribution in [0, 0.1) is 5.92 Å². The average molecular weight is 329 g/mol. The molecule has 6 heteroatoms. The van der Waals surface area contributed by atoms with E-state index < -0.39 is 0 Å². The van der Waals surface area contributed by atoms with Crippen molar-refractivity contribution in [3.8, 4) is 0 Å². The van der Waals surface area contributed by atoms with Crippen molar-refractivity contribution in [2.24, 2.45) is 5.92 Å². The number of nitrogens with two attached hydrogens (primary N) is 1. The highest BCUT2D eigenvalue weighted by molar-refractivity contribution is 7.99. The minimum Gasteiger partial charge on any atom is -0.396 e. The van der Waals surface area contributed by atoms with Gasteiger partial charge in [-0.25, -0.2) is 0 Å². The molecule has 0 aliphatic carbocycles. The van der Waals surface area contributed by atoms with Gasteiger partial charge in [-0.05, 0) is 25.0 Å². The monoisotopic (exact) mass is 328 g/mol. The largest absolute Gasteiger partial charge is 0.396 e. The molecule has 1 aromatic heterocycles. The Morgan fingerprint density at radius 2 is 2.14 bits per heavy atom. The maximum atomic E-state index is 12.0. The molecule has 2 N–H and O–H groups in total. The van der Waals surface area contributed by atoms with Crippen LogP contribution in [0.1, 0.15) is 35.9 Å². The van der Waals surface area contributed by atoms with Crippen molar-refractivity contribution < 1.29 is 9.53 Å². The number of rotatable bonds is 6. The molecule has 1 aliphatic rings. The van der Waals surface area contributed by atoms with Crippen LogP contribution in [0.4, 0.5) is 10.7 Å². The number of ketones is 1. The number of Topliss-reactive ketones (excluding diaryl/α,β-unsaturated/α-hetero) is 1. The molecule has 0 spiro atoms. The summed E-state index contributed by atoms with van der Waals surface area (Å²) in [6.07, 6.45) is 4.74. The van der Waals surface area contributed by atoms with Crippen molar-refractivity contribution >= 4 is 39.6 Å². The van der Waals surface area contributed by atoms with Gasteiger partial charge < -0.3 is 15.4 Å². The predicted molar refractivity (Wildman–Crippen MR) is 91.9 cm³/mol. The topological polar surface area (TPSA) is 55.6 Å². The molecule has 0 radical (unpaired) electrons. The standard InChI is InChI=1S/C15H24N2O2S2/c1-4-11(18)13-12(16)14(20-3)15(21-13)17(2)9-10-5-7-19-8-6-10/h10H,4-9,16H2,1-3H3. The number of hydrogen-bond donors (Lipinski definition) is 1. The molecule has 1 fully saturated rings. The fourth-order valence-corrected chi connectivity index (χ4v) is 4.82. The van der Waals surface area contributed by atoms with Gasteiger partial charge in [-0.3, -0.25) is 4.79 Å². The summed E-state index contributed by atoms with van der Waals surface area (Å²) < 4.78 is 5.42. The summed E-state index contributed by atoms with van der Waals surface area (Å²) in [5, 5.41) is 1.13. The lowest BCUT2D eigenvalue weighted by atomic mass is 10.00. The zero-order chi connectivity index (χ0) is 15.4. The van der Waals surface area contributed by atoms with Crippen LogP contribution in [0.5, 0.6) is 0 Å². The first-order chi connectivity index (χ1) is 10.1. The van der Waals surface area contributed by atoms with Crippen molar-refractivity contribution in [1.29, 1.82) is 0 Å². The molecule has 21 heavy (non-hydrogen) atoms. The van der Waals surface area contributed by atoms with Gasteiger partial charge in [-0.2, -0.15) is 0 Å². The highest BCUT2D eigenvalue weighted by atomic mass is 32.2. The van der Waals surface area contributed by atoms with Crippen LogP contribution in [-0.4, -0.2) is 38.8 Å². The molecule has 0 saturated carbocycles. The van der Waals surface area contributed by atoms with Gasteiger partial charge in [0.05, 0.1) is 15.5 Å². The number of thiophene rings is 1. The fraction of sp³-hybridized carbons (Fsp3) is 0.667. The second-order valence-corrected chi connectivity index (χ2v) is 7.21. The van der Waals surface area contributed by atoms with Crippen LogP contribution >= 0.6 is 23.1 Å². The van der Waals surface area contributed by atoms with Crippen LogP contribution in [0.2, 0.25) is 0 Å². The number of carbonyl (C=O) groups excluding carboxylic acids is 1. The Morgan fingerprint density at radius 1 is 1.48 bits per heavy atom. The molecule has 0 unspecified atom stereocenters.